The summed E-state index contributed by atoms with van der Waals surface area (Å²) in [7, 11) is 1.79. The van der Waals surface area contributed by atoms with Crippen LogP contribution in [0.15, 0.2) is 53.1 Å². The Balaban J connectivity index is 0.00000261. The minimum absolute atomic E-state index is 0. The standard InChI is InChI=1S/C19H24N6S.HI/c1-15-24-18(14-26-15)8-10-21-19(20-2)22-12-16-6-3-4-7-17(16)13-25-11-5-9-23-25;/h3-7,9,11,14H,8,10,12-13H2,1-2H3,(H2,20,21,22);1H. The van der Waals surface area contributed by atoms with Gasteiger partial charge in [0.05, 0.1) is 17.2 Å². The van der Waals surface area contributed by atoms with Crippen molar-refractivity contribution >= 4 is 41.3 Å². The van der Waals surface area contributed by atoms with Gasteiger partial charge in [0, 0.05) is 44.3 Å². The van der Waals surface area contributed by atoms with E-state index in [1.54, 1.807) is 24.6 Å². The van der Waals surface area contributed by atoms with Crippen LogP contribution in [-0.4, -0.2) is 34.3 Å². The summed E-state index contributed by atoms with van der Waals surface area (Å²) in [6.07, 6.45) is 4.67. The van der Waals surface area contributed by atoms with E-state index < -0.39 is 0 Å². The Morgan fingerprint density at radius 3 is 2.67 bits per heavy atom. The number of aromatic nitrogens is 3. The lowest BCUT2D eigenvalue weighted by atomic mass is 10.1. The zero-order chi connectivity index (χ0) is 18.2. The van der Waals surface area contributed by atoms with E-state index in [1.165, 1.54) is 11.1 Å². The second kappa shape index (κ2) is 11.0. The van der Waals surface area contributed by atoms with Crippen molar-refractivity contribution in [3.8, 4) is 0 Å². The van der Waals surface area contributed by atoms with Gasteiger partial charge in [-0.3, -0.25) is 9.67 Å². The third-order valence-electron chi connectivity index (χ3n) is 4.02. The average molecular weight is 496 g/mol. The van der Waals surface area contributed by atoms with Gasteiger partial charge in [0.25, 0.3) is 0 Å². The van der Waals surface area contributed by atoms with E-state index in [4.69, 9.17) is 0 Å². The van der Waals surface area contributed by atoms with Gasteiger partial charge in [0.2, 0.25) is 0 Å². The molecule has 2 N–H and O–H groups in total. The first-order chi connectivity index (χ1) is 12.7. The number of nitrogens with zero attached hydrogens (tertiary/aromatic N) is 4. The second-order valence-electron chi connectivity index (χ2n) is 5.93. The molecule has 0 amide bonds. The van der Waals surface area contributed by atoms with Crippen LogP contribution in [0.25, 0.3) is 0 Å². The molecule has 0 atom stereocenters. The van der Waals surface area contributed by atoms with E-state index in [0.717, 1.165) is 36.2 Å². The van der Waals surface area contributed by atoms with Crippen molar-refractivity contribution in [1.29, 1.82) is 0 Å². The number of aryl methyl sites for hydroxylation is 1. The van der Waals surface area contributed by atoms with E-state index in [1.807, 2.05) is 23.9 Å². The number of benzene rings is 1. The molecule has 0 radical (unpaired) electrons. The summed E-state index contributed by atoms with van der Waals surface area (Å²) in [5, 5.41) is 14.2. The molecule has 3 aromatic rings. The van der Waals surface area contributed by atoms with Crippen LogP contribution < -0.4 is 10.6 Å². The Kier molecular flexibility index (Phi) is 8.73. The Bertz CT molecular complexity index is 844. The zero-order valence-electron chi connectivity index (χ0n) is 15.6. The minimum Gasteiger partial charge on any atom is -0.356 e. The molecule has 6 nitrogen and oxygen atoms in total. The average Bonchev–Trinajstić information content (AvgIpc) is 3.31. The van der Waals surface area contributed by atoms with E-state index in [9.17, 15) is 0 Å². The predicted molar refractivity (Wildman–Crippen MR) is 122 cm³/mol. The first kappa shape index (κ1) is 21.4. The highest BCUT2D eigenvalue weighted by Crippen LogP contribution is 2.10. The number of aliphatic imine (C=N–C) groups is 1. The fraction of sp³-hybridized carbons (Fsp3) is 0.316. The summed E-state index contributed by atoms with van der Waals surface area (Å²) in [6, 6.07) is 10.3. The Hall–Kier alpha value is -1.94. The molecule has 144 valence electrons. The SMILES string of the molecule is CN=C(NCCc1csc(C)n1)NCc1ccccc1Cn1cccn1.I. The molecule has 0 spiro atoms. The van der Waals surface area contributed by atoms with Crippen LogP contribution in [0.5, 0.6) is 0 Å². The second-order valence-corrected chi connectivity index (χ2v) is 6.99. The van der Waals surface area contributed by atoms with Gasteiger partial charge in [0.1, 0.15) is 0 Å². The molecular weight excluding hydrogens is 471 g/mol. The van der Waals surface area contributed by atoms with Crippen LogP contribution in [0.3, 0.4) is 0 Å². The maximum absolute atomic E-state index is 4.48. The third-order valence-corrected chi connectivity index (χ3v) is 4.84. The highest BCUT2D eigenvalue weighted by Gasteiger charge is 2.05. The molecule has 0 saturated heterocycles. The first-order valence-corrected chi connectivity index (χ1v) is 9.52. The van der Waals surface area contributed by atoms with E-state index in [0.29, 0.717) is 6.54 Å². The van der Waals surface area contributed by atoms with Gasteiger partial charge >= 0.3 is 0 Å². The van der Waals surface area contributed by atoms with Gasteiger partial charge < -0.3 is 10.6 Å². The maximum atomic E-state index is 4.48. The smallest absolute Gasteiger partial charge is 0.191 e. The first-order valence-electron chi connectivity index (χ1n) is 8.64. The van der Waals surface area contributed by atoms with Gasteiger partial charge in [-0.1, -0.05) is 24.3 Å². The lowest BCUT2D eigenvalue weighted by Gasteiger charge is -2.14. The Labute approximate surface area is 181 Å². The van der Waals surface area contributed by atoms with Crippen LogP contribution in [0.1, 0.15) is 21.8 Å². The predicted octanol–water partition coefficient (Wildman–Crippen LogP) is 3.22. The van der Waals surface area contributed by atoms with Crippen LogP contribution in [0.4, 0.5) is 0 Å². The number of nitrogens with one attached hydrogen (secondary N) is 2. The van der Waals surface area contributed by atoms with Crippen molar-refractivity contribution in [1.82, 2.24) is 25.4 Å². The fourth-order valence-electron chi connectivity index (χ4n) is 2.68. The van der Waals surface area contributed by atoms with Gasteiger partial charge in [0.15, 0.2) is 5.96 Å². The lowest BCUT2D eigenvalue weighted by Crippen LogP contribution is -2.38. The minimum atomic E-state index is 0. The van der Waals surface area contributed by atoms with Crippen LogP contribution in [-0.2, 0) is 19.5 Å². The fourth-order valence-corrected chi connectivity index (χ4v) is 3.33. The molecule has 0 bridgehead atoms. The van der Waals surface area contributed by atoms with Gasteiger partial charge in [-0.05, 0) is 24.1 Å². The summed E-state index contributed by atoms with van der Waals surface area (Å²) in [4.78, 5) is 8.79. The van der Waals surface area contributed by atoms with Gasteiger partial charge in [-0.2, -0.15) is 5.10 Å². The van der Waals surface area contributed by atoms with Crippen molar-refractivity contribution in [2.45, 2.75) is 26.4 Å². The molecule has 0 aliphatic heterocycles. The van der Waals surface area contributed by atoms with Crippen LogP contribution in [0.2, 0.25) is 0 Å². The van der Waals surface area contributed by atoms with Crippen molar-refractivity contribution in [2.24, 2.45) is 4.99 Å². The Morgan fingerprint density at radius 1 is 1.19 bits per heavy atom. The quantitative estimate of drug-likeness (QED) is 0.300. The molecule has 3 rings (SSSR count). The molecular formula is C19H25IN6S. The third kappa shape index (κ3) is 6.62. The highest BCUT2D eigenvalue weighted by molar-refractivity contribution is 14.0. The summed E-state index contributed by atoms with van der Waals surface area (Å²) in [5.41, 5.74) is 3.61. The number of guanidine groups is 1. The Morgan fingerprint density at radius 2 is 2.00 bits per heavy atom. The van der Waals surface area contributed by atoms with Crippen LogP contribution >= 0.6 is 35.3 Å². The monoisotopic (exact) mass is 496 g/mol. The number of thiazole rings is 1. The molecule has 0 fully saturated rings. The van der Waals surface area contributed by atoms with Crippen molar-refractivity contribution in [2.75, 3.05) is 13.6 Å². The summed E-state index contributed by atoms with van der Waals surface area (Å²) < 4.78 is 1.93. The normalized spacial score (nSPS) is 11.1. The summed E-state index contributed by atoms with van der Waals surface area (Å²) >= 11 is 1.69. The molecule has 0 saturated carbocycles. The summed E-state index contributed by atoms with van der Waals surface area (Å²) in [6.45, 7) is 4.31. The molecule has 0 aliphatic rings. The van der Waals surface area contributed by atoms with Gasteiger partial charge in [-0.15, -0.1) is 35.3 Å². The van der Waals surface area contributed by atoms with Crippen molar-refractivity contribution in [3.63, 3.8) is 0 Å². The molecule has 2 heterocycles. The molecule has 27 heavy (non-hydrogen) atoms. The molecule has 2 aromatic heterocycles. The van der Waals surface area contributed by atoms with Crippen LogP contribution in [0, 0.1) is 6.92 Å². The molecule has 8 heteroatoms. The van der Waals surface area contributed by atoms with E-state index in [-0.39, 0.29) is 24.0 Å². The molecule has 0 unspecified atom stereocenters. The topological polar surface area (TPSA) is 67.1 Å². The largest absolute Gasteiger partial charge is 0.356 e. The zero-order valence-corrected chi connectivity index (χ0v) is 18.7. The lowest BCUT2D eigenvalue weighted by molar-refractivity contribution is 0.677. The maximum Gasteiger partial charge on any atom is 0.191 e. The highest BCUT2D eigenvalue weighted by atomic mass is 127. The van der Waals surface area contributed by atoms with Gasteiger partial charge in [-0.25, -0.2) is 4.98 Å². The van der Waals surface area contributed by atoms with E-state index >= 15 is 0 Å². The summed E-state index contributed by atoms with van der Waals surface area (Å²) in [5.74, 6) is 0.797. The molecule has 0 aliphatic carbocycles. The van der Waals surface area contributed by atoms with Crippen molar-refractivity contribution < 1.29 is 0 Å². The number of hydrogen-bond acceptors (Lipinski definition) is 4. The van der Waals surface area contributed by atoms with E-state index in [2.05, 4.69) is 55.4 Å². The number of halogens is 1. The van der Waals surface area contributed by atoms with Crippen molar-refractivity contribution in [3.05, 3.63) is 69.9 Å². The molecule has 1 aromatic carbocycles. The number of rotatable bonds is 7. The number of hydrogen-bond donors (Lipinski definition) is 2.